The molecule has 0 spiro atoms. The van der Waals surface area contributed by atoms with Crippen LogP contribution in [-0.4, -0.2) is 0 Å². The molecule has 0 heterocycles. The van der Waals surface area contributed by atoms with Crippen LogP contribution in [0.4, 0.5) is 5.69 Å². The zero-order valence-electron chi connectivity index (χ0n) is 13.8. The predicted octanol–water partition coefficient (Wildman–Crippen LogP) is 6.16. The molecule has 2 aromatic rings. The van der Waals surface area contributed by atoms with Crippen molar-refractivity contribution in [3.05, 3.63) is 62.1 Å². The highest BCUT2D eigenvalue weighted by Crippen LogP contribution is 2.31. The van der Waals surface area contributed by atoms with E-state index in [0.717, 1.165) is 4.47 Å². The fourth-order valence-corrected chi connectivity index (χ4v) is 3.99. The molecule has 1 N–H and O–H groups in total. The lowest BCUT2D eigenvalue weighted by molar-refractivity contribution is 0.858. The van der Waals surface area contributed by atoms with Gasteiger partial charge in [-0.2, -0.15) is 0 Å². The van der Waals surface area contributed by atoms with Crippen molar-refractivity contribution in [3.8, 4) is 0 Å². The molecule has 0 aliphatic heterocycles. The Morgan fingerprint density at radius 2 is 1.29 bits per heavy atom. The number of rotatable bonds is 3. The quantitative estimate of drug-likeness (QED) is 0.701. The molecule has 0 bridgehead atoms. The monoisotopic (exact) mass is 345 g/mol. The van der Waals surface area contributed by atoms with E-state index < -0.39 is 0 Å². The average Bonchev–Trinajstić information content (AvgIpc) is 2.32. The molecular formula is C19H24BrN. The molecule has 0 fully saturated rings. The van der Waals surface area contributed by atoms with E-state index in [9.17, 15) is 0 Å². The van der Waals surface area contributed by atoms with Gasteiger partial charge in [0.15, 0.2) is 0 Å². The minimum atomic E-state index is 0.296. The smallest absolute Gasteiger partial charge is 0.0491 e. The van der Waals surface area contributed by atoms with Gasteiger partial charge in [0, 0.05) is 16.2 Å². The van der Waals surface area contributed by atoms with Crippen molar-refractivity contribution in [1.82, 2.24) is 0 Å². The number of anilines is 1. The van der Waals surface area contributed by atoms with Crippen molar-refractivity contribution >= 4 is 21.6 Å². The number of hydrogen-bond acceptors (Lipinski definition) is 1. The van der Waals surface area contributed by atoms with E-state index in [1.807, 2.05) is 0 Å². The maximum Gasteiger partial charge on any atom is 0.0491 e. The second-order valence-corrected chi connectivity index (χ2v) is 7.01. The van der Waals surface area contributed by atoms with Crippen molar-refractivity contribution < 1.29 is 0 Å². The summed E-state index contributed by atoms with van der Waals surface area (Å²) < 4.78 is 1.14. The van der Waals surface area contributed by atoms with Crippen LogP contribution in [0.2, 0.25) is 0 Å². The summed E-state index contributed by atoms with van der Waals surface area (Å²) in [5, 5.41) is 3.70. The van der Waals surface area contributed by atoms with Crippen LogP contribution < -0.4 is 5.32 Å². The summed E-state index contributed by atoms with van der Waals surface area (Å²) >= 11 is 3.56. The molecule has 1 atom stereocenters. The van der Waals surface area contributed by atoms with Crippen LogP contribution in [0.5, 0.6) is 0 Å². The minimum absolute atomic E-state index is 0.296. The molecule has 2 rings (SSSR count). The van der Waals surface area contributed by atoms with Crippen molar-refractivity contribution in [2.45, 2.75) is 47.6 Å². The Morgan fingerprint density at radius 3 is 1.76 bits per heavy atom. The fourth-order valence-electron chi connectivity index (χ4n) is 3.30. The molecular weight excluding hydrogens is 322 g/mol. The standard InChI is InChI=1S/C19H24BrN/c1-11-7-12(2)18(13(3)8-11)16(6)21-19-14(4)9-17(20)10-15(19)5/h7-10,16,21H,1-6H3. The number of halogens is 1. The van der Waals surface area contributed by atoms with Gasteiger partial charge in [0.25, 0.3) is 0 Å². The summed E-state index contributed by atoms with van der Waals surface area (Å²) in [6.45, 7) is 13.1. The maximum atomic E-state index is 3.70. The highest BCUT2D eigenvalue weighted by atomic mass is 79.9. The highest BCUT2D eigenvalue weighted by Gasteiger charge is 2.14. The number of hydrogen-bond donors (Lipinski definition) is 1. The Labute approximate surface area is 136 Å². The maximum absolute atomic E-state index is 3.70. The minimum Gasteiger partial charge on any atom is -0.378 e. The van der Waals surface area contributed by atoms with E-state index in [1.165, 1.54) is 39.1 Å². The Kier molecular flexibility index (Phi) is 4.77. The molecule has 1 nitrogen and oxygen atoms in total. The van der Waals surface area contributed by atoms with E-state index >= 15 is 0 Å². The topological polar surface area (TPSA) is 12.0 Å². The summed E-state index contributed by atoms with van der Waals surface area (Å²) in [4.78, 5) is 0. The number of aryl methyl sites for hydroxylation is 5. The van der Waals surface area contributed by atoms with Gasteiger partial charge in [0.05, 0.1) is 0 Å². The summed E-state index contributed by atoms with van der Waals surface area (Å²) in [5.74, 6) is 0. The van der Waals surface area contributed by atoms with Gasteiger partial charge in [-0.3, -0.25) is 0 Å². The van der Waals surface area contributed by atoms with Crippen molar-refractivity contribution in [1.29, 1.82) is 0 Å². The Hall–Kier alpha value is -1.28. The van der Waals surface area contributed by atoms with E-state index in [0.29, 0.717) is 6.04 Å². The number of nitrogens with one attached hydrogen (secondary N) is 1. The van der Waals surface area contributed by atoms with E-state index in [2.05, 4.69) is 87.1 Å². The molecule has 0 amide bonds. The van der Waals surface area contributed by atoms with E-state index in [4.69, 9.17) is 0 Å². The second-order valence-electron chi connectivity index (χ2n) is 6.09. The van der Waals surface area contributed by atoms with Gasteiger partial charge in [-0.15, -0.1) is 0 Å². The van der Waals surface area contributed by atoms with Crippen LogP contribution >= 0.6 is 15.9 Å². The zero-order valence-corrected chi connectivity index (χ0v) is 15.4. The van der Waals surface area contributed by atoms with Crippen LogP contribution in [-0.2, 0) is 0 Å². The van der Waals surface area contributed by atoms with Crippen LogP contribution in [0.25, 0.3) is 0 Å². The lowest BCUT2D eigenvalue weighted by atomic mass is 9.94. The van der Waals surface area contributed by atoms with Crippen LogP contribution in [0.15, 0.2) is 28.7 Å². The van der Waals surface area contributed by atoms with Crippen molar-refractivity contribution in [3.63, 3.8) is 0 Å². The largest absolute Gasteiger partial charge is 0.378 e. The van der Waals surface area contributed by atoms with Gasteiger partial charge >= 0.3 is 0 Å². The van der Waals surface area contributed by atoms with E-state index in [1.54, 1.807) is 0 Å². The van der Waals surface area contributed by atoms with Crippen LogP contribution in [0, 0.1) is 34.6 Å². The third kappa shape index (κ3) is 3.49. The summed E-state index contributed by atoms with van der Waals surface area (Å²) in [5.41, 5.74) is 9.25. The lowest BCUT2D eigenvalue weighted by Gasteiger charge is -2.23. The lowest BCUT2D eigenvalue weighted by Crippen LogP contribution is -2.12. The first kappa shape index (κ1) is 16.1. The van der Waals surface area contributed by atoms with Crippen LogP contribution in [0.1, 0.15) is 46.3 Å². The molecule has 0 radical (unpaired) electrons. The molecule has 0 saturated heterocycles. The van der Waals surface area contributed by atoms with E-state index in [-0.39, 0.29) is 0 Å². The molecule has 21 heavy (non-hydrogen) atoms. The highest BCUT2D eigenvalue weighted by molar-refractivity contribution is 9.10. The molecule has 0 aliphatic carbocycles. The second kappa shape index (κ2) is 6.23. The van der Waals surface area contributed by atoms with Crippen molar-refractivity contribution in [2.75, 3.05) is 5.32 Å². The summed E-state index contributed by atoms with van der Waals surface area (Å²) in [7, 11) is 0. The summed E-state index contributed by atoms with van der Waals surface area (Å²) in [6, 6.07) is 9.15. The molecule has 112 valence electrons. The van der Waals surface area contributed by atoms with Gasteiger partial charge in [-0.05, 0) is 81.5 Å². The Morgan fingerprint density at radius 1 is 0.810 bits per heavy atom. The third-order valence-corrected chi connectivity index (χ3v) is 4.49. The van der Waals surface area contributed by atoms with Gasteiger partial charge in [-0.25, -0.2) is 0 Å². The Balaban J connectivity index is 2.37. The fraction of sp³-hybridized carbons (Fsp3) is 0.368. The predicted molar refractivity (Wildman–Crippen MR) is 96.3 cm³/mol. The Bertz CT molecular complexity index is 627. The SMILES string of the molecule is Cc1cc(C)c(C(C)Nc2c(C)cc(Br)cc2C)c(C)c1. The van der Waals surface area contributed by atoms with Crippen molar-refractivity contribution in [2.24, 2.45) is 0 Å². The van der Waals surface area contributed by atoms with Gasteiger partial charge < -0.3 is 5.32 Å². The number of benzene rings is 2. The van der Waals surface area contributed by atoms with Gasteiger partial charge in [0.2, 0.25) is 0 Å². The average molecular weight is 346 g/mol. The molecule has 1 unspecified atom stereocenters. The molecule has 0 saturated carbocycles. The third-order valence-electron chi connectivity index (χ3n) is 4.03. The van der Waals surface area contributed by atoms with Gasteiger partial charge in [0.1, 0.15) is 0 Å². The van der Waals surface area contributed by atoms with Crippen LogP contribution in [0.3, 0.4) is 0 Å². The zero-order chi connectivity index (χ0) is 15.7. The first-order valence-electron chi connectivity index (χ1n) is 7.40. The molecule has 2 heteroatoms. The summed E-state index contributed by atoms with van der Waals surface area (Å²) in [6.07, 6.45) is 0. The molecule has 2 aromatic carbocycles. The van der Waals surface area contributed by atoms with Gasteiger partial charge in [-0.1, -0.05) is 33.6 Å². The first-order valence-corrected chi connectivity index (χ1v) is 8.20. The first-order chi connectivity index (χ1) is 9.79. The molecule has 0 aliphatic rings. The normalized spacial score (nSPS) is 12.3. The molecule has 0 aromatic heterocycles.